The molecule has 1 amide bonds. The highest BCUT2D eigenvalue weighted by molar-refractivity contribution is 5.90. The molecule has 0 fully saturated rings. The Balaban J connectivity index is 2.66. The Morgan fingerprint density at radius 2 is 1.95 bits per heavy atom. The fraction of sp³-hybridized carbons (Fsp3) is 0.800. The molecule has 0 aliphatic heterocycles. The van der Waals surface area contributed by atoms with E-state index in [0.29, 0.717) is 0 Å². The summed E-state index contributed by atoms with van der Waals surface area (Å²) in [5, 5.41) is 9.93. The summed E-state index contributed by atoms with van der Waals surface area (Å²) in [6.07, 6.45) is 5.36. The summed E-state index contributed by atoms with van der Waals surface area (Å²) in [5.41, 5.74) is -0.128. The largest absolute Gasteiger partial charge is 0.347 e. The third-order valence-electron chi connectivity index (χ3n) is 3.28. The first-order chi connectivity index (χ1) is 9.38. The van der Waals surface area contributed by atoms with Gasteiger partial charge in [-0.15, -0.1) is 5.10 Å². The van der Waals surface area contributed by atoms with Crippen molar-refractivity contribution in [2.45, 2.75) is 78.2 Å². The van der Waals surface area contributed by atoms with Gasteiger partial charge in [-0.3, -0.25) is 9.89 Å². The van der Waals surface area contributed by atoms with Crippen LogP contribution in [0.25, 0.3) is 0 Å². The minimum Gasteiger partial charge on any atom is -0.347 e. The van der Waals surface area contributed by atoms with E-state index in [1.807, 2.05) is 20.8 Å². The lowest BCUT2D eigenvalue weighted by molar-refractivity contribution is 0.0922. The van der Waals surface area contributed by atoms with Crippen LogP contribution in [0.5, 0.6) is 0 Å². The second-order valence-corrected chi connectivity index (χ2v) is 6.36. The highest BCUT2D eigenvalue weighted by atomic mass is 16.2. The van der Waals surface area contributed by atoms with Crippen molar-refractivity contribution in [2.75, 3.05) is 0 Å². The van der Waals surface area contributed by atoms with Gasteiger partial charge in [0, 0.05) is 11.5 Å². The maximum Gasteiger partial charge on any atom is 0.291 e. The molecular formula is C15H28N4O. The molecule has 1 rings (SSSR count). The Hall–Kier alpha value is -1.39. The zero-order chi connectivity index (χ0) is 15.2. The first kappa shape index (κ1) is 16.7. The number of amides is 1. The first-order valence-corrected chi connectivity index (χ1v) is 7.62. The molecule has 5 nitrogen and oxygen atoms in total. The lowest BCUT2D eigenvalue weighted by Gasteiger charge is -2.16. The number of rotatable bonds is 7. The molecule has 0 aliphatic carbocycles. The Kier molecular flexibility index (Phi) is 6.17. The normalized spacial score (nSPS) is 13.2. The number of unbranched alkanes of at least 4 members (excludes halogenated alkanes) is 1. The second kappa shape index (κ2) is 7.41. The highest BCUT2D eigenvalue weighted by Gasteiger charge is 2.22. The number of carbonyl (C=O) groups is 1. The van der Waals surface area contributed by atoms with Gasteiger partial charge in [-0.2, -0.15) is 0 Å². The van der Waals surface area contributed by atoms with E-state index < -0.39 is 0 Å². The molecular weight excluding hydrogens is 252 g/mol. The molecule has 2 N–H and O–H groups in total. The standard InChI is InChI=1S/C15H28N4O/c1-6-8-10-11(9-7-2)16-13(20)12-17-14(19-18-12)15(3,4)5/h11H,6-10H2,1-5H3,(H,16,20)(H,17,18,19). The van der Waals surface area contributed by atoms with Crippen LogP contribution in [0.2, 0.25) is 0 Å². The second-order valence-electron chi connectivity index (χ2n) is 6.36. The summed E-state index contributed by atoms with van der Waals surface area (Å²) in [4.78, 5) is 16.5. The van der Waals surface area contributed by atoms with Crippen molar-refractivity contribution in [3.05, 3.63) is 11.6 Å². The van der Waals surface area contributed by atoms with Gasteiger partial charge in [0.2, 0.25) is 5.82 Å². The molecule has 20 heavy (non-hydrogen) atoms. The van der Waals surface area contributed by atoms with Crippen molar-refractivity contribution in [2.24, 2.45) is 0 Å². The quantitative estimate of drug-likeness (QED) is 0.805. The Bertz CT molecular complexity index is 420. The van der Waals surface area contributed by atoms with Gasteiger partial charge in [-0.05, 0) is 12.8 Å². The molecule has 1 aromatic rings. The van der Waals surface area contributed by atoms with E-state index in [2.05, 4.69) is 34.3 Å². The summed E-state index contributed by atoms with van der Waals surface area (Å²) < 4.78 is 0. The van der Waals surface area contributed by atoms with Crippen LogP contribution in [0.15, 0.2) is 0 Å². The fourth-order valence-corrected chi connectivity index (χ4v) is 2.04. The molecule has 0 saturated carbocycles. The zero-order valence-corrected chi connectivity index (χ0v) is 13.4. The predicted octanol–water partition coefficient (Wildman–Crippen LogP) is 3.19. The van der Waals surface area contributed by atoms with Gasteiger partial charge in [0.05, 0.1) is 0 Å². The van der Waals surface area contributed by atoms with E-state index in [1.54, 1.807) is 0 Å². The summed E-state index contributed by atoms with van der Waals surface area (Å²) >= 11 is 0. The molecule has 0 aromatic carbocycles. The number of carbonyl (C=O) groups excluding carboxylic acids is 1. The van der Waals surface area contributed by atoms with Crippen LogP contribution in [0.1, 0.15) is 83.2 Å². The van der Waals surface area contributed by atoms with E-state index in [4.69, 9.17) is 0 Å². The molecule has 1 atom stereocenters. The average molecular weight is 280 g/mol. The molecule has 0 spiro atoms. The Morgan fingerprint density at radius 3 is 2.45 bits per heavy atom. The first-order valence-electron chi connectivity index (χ1n) is 7.62. The van der Waals surface area contributed by atoms with Crippen molar-refractivity contribution in [1.29, 1.82) is 0 Å². The molecule has 1 heterocycles. The maximum atomic E-state index is 12.2. The van der Waals surface area contributed by atoms with Crippen LogP contribution in [0.4, 0.5) is 0 Å². The maximum absolute atomic E-state index is 12.2. The molecule has 0 radical (unpaired) electrons. The summed E-state index contributed by atoms with van der Waals surface area (Å²) in [6, 6.07) is 0.226. The number of nitrogens with zero attached hydrogens (tertiary/aromatic N) is 2. The van der Waals surface area contributed by atoms with Gasteiger partial charge in [-0.25, -0.2) is 4.98 Å². The number of aromatic nitrogens is 3. The lowest BCUT2D eigenvalue weighted by Crippen LogP contribution is -2.35. The van der Waals surface area contributed by atoms with Gasteiger partial charge in [0.25, 0.3) is 5.91 Å². The third kappa shape index (κ3) is 4.94. The van der Waals surface area contributed by atoms with E-state index in [1.165, 1.54) is 0 Å². The van der Waals surface area contributed by atoms with Gasteiger partial charge >= 0.3 is 0 Å². The van der Waals surface area contributed by atoms with E-state index in [0.717, 1.165) is 37.9 Å². The van der Waals surface area contributed by atoms with Gasteiger partial charge in [0.1, 0.15) is 5.82 Å². The Labute approximate surface area is 122 Å². The number of nitrogens with one attached hydrogen (secondary N) is 2. The van der Waals surface area contributed by atoms with E-state index in [-0.39, 0.29) is 23.2 Å². The summed E-state index contributed by atoms with van der Waals surface area (Å²) in [7, 11) is 0. The molecule has 5 heteroatoms. The van der Waals surface area contributed by atoms with Crippen LogP contribution in [-0.4, -0.2) is 27.1 Å². The molecule has 1 unspecified atom stereocenters. The van der Waals surface area contributed by atoms with Crippen molar-refractivity contribution < 1.29 is 4.79 Å². The van der Waals surface area contributed by atoms with Crippen LogP contribution < -0.4 is 5.32 Å². The van der Waals surface area contributed by atoms with Crippen LogP contribution >= 0.6 is 0 Å². The minimum atomic E-state index is -0.175. The summed E-state index contributed by atoms with van der Waals surface area (Å²) in [6.45, 7) is 10.4. The molecule has 0 saturated heterocycles. The van der Waals surface area contributed by atoms with Crippen molar-refractivity contribution in [1.82, 2.24) is 20.5 Å². The number of hydrogen-bond acceptors (Lipinski definition) is 3. The van der Waals surface area contributed by atoms with Crippen molar-refractivity contribution in [3.63, 3.8) is 0 Å². The SMILES string of the molecule is CCCCC(CCC)NC(=O)c1n[nH]c(C(C)(C)C)n1. The van der Waals surface area contributed by atoms with E-state index >= 15 is 0 Å². The monoisotopic (exact) mass is 280 g/mol. The van der Waals surface area contributed by atoms with Gasteiger partial charge in [-0.1, -0.05) is 53.9 Å². The van der Waals surface area contributed by atoms with Crippen LogP contribution in [-0.2, 0) is 5.41 Å². The van der Waals surface area contributed by atoms with Gasteiger partial charge < -0.3 is 5.32 Å². The number of hydrogen-bond donors (Lipinski definition) is 2. The van der Waals surface area contributed by atoms with E-state index in [9.17, 15) is 4.79 Å². The predicted molar refractivity (Wildman–Crippen MR) is 80.8 cm³/mol. The molecule has 114 valence electrons. The average Bonchev–Trinajstić information content (AvgIpc) is 2.85. The minimum absolute atomic E-state index is 0.128. The van der Waals surface area contributed by atoms with Gasteiger partial charge in [0.15, 0.2) is 0 Å². The zero-order valence-electron chi connectivity index (χ0n) is 13.4. The fourth-order valence-electron chi connectivity index (χ4n) is 2.04. The number of H-pyrrole nitrogens is 1. The molecule has 0 aliphatic rings. The smallest absolute Gasteiger partial charge is 0.291 e. The van der Waals surface area contributed by atoms with Crippen LogP contribution in [0, 0.1) is 0 Å². The van der Waals surface area contributed by atoms with Crippen molar-refractivity contribution in [3.8, 4) is 0 Å². The topological polar surface area (TPSA) is 70.7 Å². The Morgan fingerprint density at radius 1 is 1.25 bits per heavy atom. The van der Waals surface area contributed by atoms with Crippen LogP contribution in [0.3, 0.4) is 0 Å². The third-order valence-corrected chi connectivity index (χ3v) is 3.28. The summed E-state index contributed by atoms with van der Waals surface area (Å²) in [5.74, 6) is 0.807. The molecule has 0 bridgehead atoms. The highest BCUT2D eigenvalue weighted by Crippen LogP contribution is 2.17. The number of aromatic amines is 1. The molecule has 1 aromatic heterocycles. The van der Waals surface area contributed by atoms with Crippen molar-refractivity contribution >= 4 is 5.91 Å². The lowest BCUT2D eigenvalue weighted by atomic mass is 9.96.